The molecule has 3 rings (SSSR count). The second kappa shape index (κ2) is 9.88. The van der Waals surface area contributed by atoms with E-state index in [1.165, 1.54) is 0 Å². The SMILES string of the molecule is COc1ccc(-c2noc(COC(=O)CNC(=O)NCc3ccccc3)n2)cc1. The van der Waals surface area contributed by atoms with Crippen LogP contribution in [0.25, 0.3) is 11.4 Å². The maximum Gasteiger partial charge on any atom is 0.325 e. The van der Waals surface area contributed by atoms with Gasteiger partial charge in [0.1, 0.15) is 12.3 Å². The van der Waals surface area contributed by atoms with E-state index in [4.69, 9.17) is 14.0 Å². The number of nitrogens with zero attached hydrogens (tertiary/aromatic N) is 2. The van der Waals surface area contributed by atoms with Gasteiger partial charge in [0.2, 0.25) is 5.82 Å². The number of ether oxygens (including phenoxy) is 2. The minimum absolute atomic E-state index is 0.151. The third kappa shape index (κ3) is 6.06. The first-order valence-electron chi connectivity index (χ1n) is 8.82. The van der Waals surface area contributed by atoms with E-state index in [0.717, 1.165) is 11.1 Å². The fraction of sp³-hybridized carbons (Fsp3) is 0.200. The number of urea groups is 1. The number of nitrogens with one attached hydrogen (secondary N) is 2. The van der Waals surface area contributed by atoms with Crippen molar-refractivity contribution >= 4 is 12.0 Å². The average Bonchev–Trinajstić information content (AvgIpc) is 3.24. The van der Waals surface area contributed by atoms with Crippen LogP contribution >= 0.6 is 0 Å². The van der Waals surface area contributed by atoms with Crippen LogP contribution in [0.5, 0.6) is 5.75 Å². The normalized spacial score (nSPS) is 10.2. The first-order chi connectivity index (χ1) is 14.1. The molecular formula is C20H20N4O5. The molecule has 0 aliphatic rings. The van der Waals surface area contributed by atoms with Gasteiger partial charge in [-0.3, -0.25) is 4.79 Å². The van der Waals surface area contributed by atoms with Crippen molar-refractivity contribution in [2.75, 3.05) is 13.7 Å². The number of hydrogen-bond acceptors (Lipinski definition) is 7. The summed E-state index contributed by atoms with van der Waals surface area (Å²) in [7, 11) is 1.58. The number of carbonyl (C=O) groups excluding carboxylic acids is 2. The molecule has 2 N–H and O–H groups in total. The highest BCUT2D eigenvalue weighted by molar-refractivity contribution is 5.80. The lowest BCUT2D eigenvalue weighted by atomic mass is 10.2. The fourth-order valence-corrected chi connectivity index (χ4v) is 2.36. The zero-order valence-corrected chi connectivity index (χ0v) is 15.8. The predicted octanol–water partition coefficient (Wildman–Crippen LogP) is 2.29. The molecule has 0 radical (unpaired) electrons. The van der Waals surface area contributed by atoms with Crippen molar-refractivity contribution in [3.63, 3.8) is 0 Å². The van der Waals surface area contributed by atoms with Gasteiger partial charge >= 0.3 is 12.0 Å². The highest BCUT2D eigenvalue weighted by Crippen LogP contribution is 2.19. The zero-order chi connectivity index (χ0) is 20.5. The summed E-state index contributed by atoms with van der Waals surface area (Å²) in [6.07, 6.45) is 0. The van der Waals surface area contributed by atoms with Gasteiger partial charge in [0, 0.05) is 12.1 Å². The quantitative estimate of drug-likeness (QED) is 0.561. The molecule has 9 nitrogen and oxygen atoms in total. The molecule has 0 fully saturated rings. The molecule has 0 saturated heterocycles. The van der Waals surface area contributed by atoms with Crippen molar-refractivity contribution in [2.24, 2.45) is 0 Å². The lowest BCUT2D eigenvalue weighted by Crippen LogP contribution is -2.38. The average molecular weight is 396 g/mol. The summed E-state index contributed by atoms with van der Waals surface area (Å²) in [6.45, 7) is -0.104. The maximum absolute atomic E-state index is 11.8. The topological polar surface area (TPSA) is 116 Å². The van der Waals surface area contributed by atoms with Crippen LogP contribution in [0.4, 0.5) is 4.79 Å². The van der Waals surface area contributed by atoms with Gasteiger partial charge in [0.25, 0.3) is 5.89 Å². The third-order valence-electron chi connectivity index (χ3n) is 3.86. The van der Waals surface area contributed by atoms with Gasteiger partial charge in [0.15, 0.2) is 6.61 Å². The van der Waals surface area contributed by atoms with E-state index in [2.05, 4.69) is 20.8 Å². The molecule has 0 aliphatic carbocycles. The van der Waals surface area contributed by atoms with Gasteiger partial charge in [-0.15, -0.1) is 0 Å². The lowest BCUT2D eigenvalue weighted by Gasteiger charge is -2.07. The molecule has 2 aromatic carbocycles. The van der Waals surface area contributed by atoms with Gasteiger partial charge in [0.05, 0.1) is 7.11 Å². The second-order valence-corrected chi connectivity index (χ2v) is 5.92. The molecule has 0 bridgehead atoms. The van der Waals surface area contributed by atoms with Gasteiger partial charge in [-0.25, -0.2) is 4.79 Å². The first kappa shape index (κ1) is 19.9. The molecule has 3 aromatic rings. The van der Waals surface area contributed by atoms with E-state index in [1.807, 2.05) is 30.3 Å². The largest absolute Gasteiger partial charge is 0.497 e. The molecule has 0 saturated carbocycles. The Morgan fingerprint density at radius 2 is 1.79 bits per heavy atom. The Hall–Kier alpha value is -3.88. The Kier molecular flexibility index (Phi) is 6.77. The number of hydrogen-bond donors (Lipinski definition) is 2. The molecule has 29 heavy (non-hydrogen) atoms. The lowest BCUT2D eigenvalue weighted by molar-refractivity contribution is -0.144. The van der Waals surface area contributed by atoms with Crippen molar-refractivity contribution in [1.29, 1.82) is 0 Å². The number of benzene rings is 2. The van der Waals surface area contributed by atoms with Crippen LogP contribution in [0.3, 0.4) is 0 Å². The monoisotopic (exact) mass is 396 g/mol. The Labute approximate surface area is 167 Å². The molecule has 0 aliphatic heterocycles. The molecule has 150 valence electrons. The van der Waals surface area contributed by atoms with Crippen molar-refractivity contribution in [2.45, 2.75) is 13.2 Å². The molecule has 1 aromatic heterocycles. The number of carbonyl (C=O) groups is 2. The summed E-state index contributed by atoms with van der Waals surface area (Å²) in [5.41, 5.74) is 1.69. The third-order valence-corrected chi connectivity index (χ3v) is 3.86. The van der Waals surface area contributed by atoms with Crippen LogP contribution < -0.4 is 15.4 Å². The molecule has 0 atom stereocenters. The Balaban J connectivity index is 1.39. The predicted molar refractivity (Wildman–Crippen MR) is 103 cm³/mol. The smallest absolute Gasteiger partial charge is 0.325 e. The zero-order valence-electron chi connectivity index (χ0n) is 15.8. The van der Waals surface area contributed by atoms with Gasteiger partial charge in [-0.2, -0.15) is 4.98 Å². The summed E-state index contributed by atoms with van der Waals surface area (Å²) >= 11 is 0. The number of amides is 2. The van der Waals surface area contributed by atoms with Crippen molar-refractivity contribution in [3.05, 3.63) is 66.1 Å². The van der Waals surface area contributed by atoms with Crippen LogP contribution in [0.1, 0.15) is 11.5 Å². The summed E-state index contributed by atoms with van der Waals surface area (Å²) in [4.78, 5) is 27.7. The number of methoxy groups -OCH3 is 1. The van der Waals surface area contributed by atoms with E-state index in [9.17, 15) is 9.59 Å². The van der Waals surface area contributed by atoms with E-state index < -0.39 is 12.0 Å². The van der Waals surface area contributed by atoms with Crippen LogP contribution in [0.15, 0.2) is 59.1 Å². The highest BCUT2D eigenvalue weighted by atomic mass is 16.6. The van der Waals surface area contributed by atoms with Crippen LogP contribution in [0.2, 0.25) is 0 Å². The van der Waals surface area contributed by atoms with Gasteiger partial charge in [-0.1, -0.05) is 35.5 Å². The second-order valence-electron chi connectivity index (χ2n) is 5.92. The molecule has 0 spiro atoms. The summed E-state index contributed by atoms with van der Waals surface area (Å²) in [5, 5.41) is 8.93. The van der Waals surface area contributed by atoms with Crippen LogP contribution in [-0.4, -0.2) is 35.8 Å². The summed E-state index contributed by atoms with van der Waals surface area (Å²) < 4.78 is 15.2. The molecule has 1 heterocycles. The highest BCUT2D eigenvalue weighted by Gasteiger charge is 2.12. The van der Waals surface area contributed by atoms with Crippen LogP contribution in [-0.2, 0) is 22.7 Å². The number of aromatic nitrogens is 2. The fourth-order valence-electron chi connectivity index (χ4n) is 2.36. The standard InChI is InChI=1S/C20H20N4O5/c1-27-16-9-7-15(8-10-16)19-23-17(29-24-19)13-28-18(25)12-22-20(26)21-11-14-5-3-2-4-6-14/h2-10H,11-13H2,1H3,(H2,21,22,26). The van der Waals surface area contributed by atoms with Crippen molar-refractivity contribution in [1.82, 2.24) is 20.8 Å². The minimum Gasteiger partial charge on any atom is -0.497 e. The van der Waals surface area contributed by atoms with Crippen molar-refractivity contribution < 1.29 is 23.6 Å². The first-order valence-corrected chi connectivity index (χ1v) is 8.82. The molecule has 2 amide bonds. The number of rotatable bonds is 8. The Morgan fingerprint density at radius 3 is 2.52 bits per heavy atom. The van der Waals surface area contributed by atoms with E-state index in [0.29, 0.717) is 18.1 Å². The molecule has 9 heteroatoms. The summed E-state index contributed by atoms with van der Waals surface area (Å²) in [5.74, 6) is 0.616. The Bertz CT molecular complexity index is 941. The number of esters is 1. The van der Waals surface area contributed by atoms with Gasteiger partial charge < -0.3 is 24.6 Å². The van der Waals surface area contributed by atoms with Gasteiger partial charge in [-0.05, 0) is 29.8 Å². The molecular weight excluding hydrogens is 376 g/mol. The molecule has 0 unspecified atom stereocenters. The van der Waals surface area contributed by atoms with E-state index in [1.54, 1.807) is 31.4 Å². The minimum atomic E-state index is -0.621. The summed E-state index contributed by atoms with van der Waals surface area (Å²) in [6, 6.07) is 16.1. The van der Waals surface area contributed by atoms with E-state index in [-0.39, 0.29) is 19.0 Å². The maximum atomic E-state index is 11.8. The van der Waals surface area contributed by atoms with Crippen LogP contribution in [0, 0.1) is 0 Å². The van der Waals surface area contributed by atoms with Crippen molar-refractivity contribution in [3.8, 4) is 17.1 Å². The Morgan fingerprint density at radius 1 is 1.03 bits per heavy atom. The van der Waals surface area contributed by atoms with E-state index >= 15 is 0 Å².